The van der Waals surface area contributed by atoms with E-state index < -0.39 is 5.60 Å². The van der Waals surface area contributed by atoms with Gasteiger partial charge in [0, 0.05) is 32.5 Å². The highest BCUT2D eigenvalue weighted by Crippen LogP contribution is 2.27. The number of cyclic esters (lactones) is 1. The Labute approximate surface area is 191 Å². The average molecular weight is 441 g/mol. The van der Waals surface area contributed by atoms with Gasteiger partial charge in [-0.05, 0) is 52.2 Å². The maximum atomic E-state index is 12.5. The molecule has 3 heterocycles. The number of amides is 1. The summed E-state index contributed by atoms with van der Waals surface area (Å²) >= 11 is 0. The van der Waals surface area contributed by atoms with Crippen molar-refractivity contribution in [1.29, 1.82) is 0 Å². The molecule has 2 fully saturated rings. The van der Waals surface area contributed by atoms with Gasteiger partial charge in [0.1, 0.15) is 6.10 Å². The van der Waals surface area contributed by atoms with Crippen LogP contribution in [-0.2, 0) is 4.74 Å². The molecule has 2 atom stereocenters. The number of piperidine rings is 1. The Morgan fingerprint density at radius 1 is 1.06 bits per heavy atom. The summed E-state index contributed by atoms with van der Waals surface area (Å²) in [6.45, 7) is 9.85. The molecule has 1 N–H and O–H groups in total. The van der Waals surface area contributed by atoms with Crippen molar-refractivity contribution in [3.05, 3.63) is 53.7 Å². The van der Waals surface area contributed by atoms with Gasteiger partial charge in [0.05, 0.1) is 17.3 Å². The second-order valence-electron chi connectivity index (χ2n) is 9.37. The van der Waals surface area contributed by atoms with Crippen LogP contribution in [0.3, 0.4) is 0 Å². The Balaban J connectivity index is 0.000000416. The Morgan fingerprint density at radius 3 is 2.28 bits per heavy atom. The fourth-order valence-corrected chi connectivity index (χ4v) is 4.16. The Kier molecular flexibility index (Phi) is 8.07. The number of aryl methyl sites for hydroxylation is 2. The largest absolute Gasteiger partial charge is 0.446 e. The van der Waals surface area contributed by atoms with E-state index in [0.29, 0.717) is 13.0 Å². The van der Waals surface area contributed by atoms with E-state index >= 15 is 0 Å². The quantitative estimate of drug-likeness (QED) is 0.770. The lowest BCUT2D eigenvalue weighted by atomic mass is 9.97. The molecule has 0 aliphatic carbocycles. The van der Waals surface area contributed by atoms with E-state index in [9.17, 15) is 9.90 Å². The number of hydrogen-bond acceptors (Lipinski definition) is 6. The predicted molar refractivity (Wildman–Crippen MR) is 126 cm³/mol. The Morgan fingerprint density at radius 2 is 1.72 bits per heavy atom. The van der Waals surface area contributed by atoms with Crippen LogP contribution in [0, 0.1) is 13.8 Å². The van der Waals surface area contributed by atoms with E-state index in [1.54, 1.807) is 13.8 Å². The molecule has 2 saturated heterocycles. The molecule has 2 unspecified atom stereocenters. The first-order valence-corrected chi connectivity index (χ1v) is 11.5. The third kappa shape index (κ3) is 6.92. The van der Waals surface area contributed by atoms with E-state index in [0.717, 1.165) is 49.4 Å². The molecule has 174 valence electrons. The Hall–Kier alpha value is -2.67. The minimum Gasteiger partial charge on any atom is -0.446 e. The van der Waals surface area contributed by atoms with Crippen molar-refractivity contribution in [3.8, 4) is 0 Å². The van der Waals surface area contributed by atoms with Gasteiger partial charge in [-0.25, -0.2) is 4.79 Å². The molecule has 7 heteroatoms. The van der Waals surface area contributed by atoms with Gasteiger partial charge in [0.25, 0.3) is 0 Å². The summed E-state index contributed by atoms with van der Waals surface area (Å²) in [6, 6.07) is 14.2. The lowest BCUT2D eigenvalue weighted by molar-refractivity contribution is -0.0327. The maximum absolute atomic E-state index is 12.5. The first-order chi connectivity index (χ1) is 15.2. The molecule has 2 aliphatic rings. The zero-order valence-electron chi connectivity index (χ0n) is 19.7. The van der Waals surface area contributed by atoms with Crippen LogP contribution in [0.1, 0.15) is 50.8 Å². The SMILES string of the molecule is Cc1cc(N2CCCC(N3CCC(CC(C)(C)O)OC3=O)C2)nnc1C.c1ccccc1. The third-order valence-electron chi connectivity index (χ3n) is 5.97. The van der Waals surface area contributed by atoms with Gasteiger partial charge in [0.2, 0.25) is 0 Å². The lowest BCUT2D eigenvalue weighted by Gasteiger charge is -2.42. The minimum absolute atomic E-state index is 0.128. The topological polar surface area (TPSA) is 78.8 Å². The molecule has 0 radical (unpaired) electrons. The van der Waals surface area contributed by atoms with Gasteiger partial charge < -0.3 is 19.6 Å². The van der Waals surface area contributed by atoms with Gasteiger partial charge in [-0.1, -0.05) is 36.4 Å². The van der Waals surface area contributed by atoms with Crippen LogP contribution in [-0.4, -0.2) is 63.7 Å². The van der Waals surface area contributed by atoms with E-state index in [4.69, 9.17) is 4.74 Å². The maximum Gasteiger partial charge on any atom is 0.410 e. The molecule has 0 saturated carbocycles. The summed E-state index contributed by atoms with van der Waals surface area (Å²) < 4.78 is 5.58. The molecule has 0 bridgehead atoms. The minimum atomic E-state index is -0.823. The molecule has 2 aliphatic heterocycles. The summed E-state index contributed by atoms with van der Waals surface area (Å²) in [5.41, 5.74) is 1.25. The van der Waals surface area contributed by atoms with E-state index in [1.807, 2.05) is 55.1 Å². The average Bonchev–Trinajstić information content (AvgIpc) is 2.76. The zero-order valence-corrected chi connectivity index (χ0v) is 19.7. The van der Waals surface area contributed by atoms with Crippen LogP contribution < -0.4 is 4.90 Å². The van der Waals surface area contributed by atoms with E-state index in [2.05, 4.69) is 21.2 Å². The van der Waals surface area contributed by atoms with Crippen molar-refractivity contribution in [2.24, 2.45) is 0 Å². The summed E-state index contributed by atoms with van der Waals surface area (Å²) in [7, 11) is 0. The van der Waals surface area contributed by atoms with Crippen molar-refractivity contribution < 1.29 is 14.6 Å². The molecule has 1 aromatic heterocycles. The summed E-state index contributed by atoms with van der Waals surface area (Å²) in [5, 5.41) is 18.5. The van der Waals surface area contributed by atoms with Gasteiger partial charge in [-0.15, -0.1) is 5.10 Å². The van der Waals surface area contributed by atoms with Crippen LogP contribution in [0.25, 0.3) is 0 Å². The highest BCUT2D eigenvalue weighted by molar-refractivity contribution is 5.69. The third-order valence-corrected chi connectivity index (χ3v) is 5.97. The first-order valence-electron chi connectivity index (χ1n) is 11.5. The van der Waals surface area contributed by atoms with Crippen molar-refractivity contribution in [1.82, 2.24) is 15.1 Å². The molecule has 1 aromatic carbocycles. The van der Waals surface area contributed by atoms with Crippen LogP contribution in [0.5, 0.6) is 0 Å². The van der Waals surface area contributed by atoms with Crippen LogP contribution in [0.15, 0.2) is 42.5 Å². The monoisotopic (exact) mass is 440 g/mol. The number of benzene rings is 1. The summed E-state index contributed by atoms with van der Waals surface area (Å²) in [5.74, 6) is 0.878. The molecular weight excluding hydrogens is 404 g/mol. The molecular formula is C25H36N4O3. The number of hydrogen-bond donors (Lipinski definition) is 1. The van der Waals surface area contributed by atoms with E-state index in [1.165, 1.54) is 0 Å². The number of aromatic nitrogens is 2. The standard InChI is InChI=1S/C19H30N4O3.C6H6/c1-13-10-17(21-20-14(13)2)22-8-5-6-15(12-22)23-9-7-16(26-18(23)24)11-19(3,4)25;1-2-4-6-5-3-1/h10,15-16,25H,5-9,11-12H2,1-4H3;1-6H. The van der Waals surface area contributed by atoms with Gasteiger partial charge in [-0.3, -0.25) is 0 Å². The molecule has 2 aromatic rings. The van der Waals surface area contributed by atoms with Crippen LogP contribution in [0.4, 0.5) is 10.6 Å². The number of ether oxygens (including phenoxy) is 1. The number of nitrogens with zero attached hydrogens (tertiary/aromatic N) is 4. The van der Waals surface area contributed by atoms with Crippen LogP contribution >= 0.6 is 0 Å². The normalized spacial score (nSPS) is 21.5. The molecule has 4 rings (SSSR count). The first kappa shape index (κ1) is 24.0. The number of anilines is 1. The number of aliphatic hydroxyl groups is 1. The summed E-state index contributed by atoms with van der Waals surface area (Å²) in [4.78, 5) is 16.6. The second kappa shape index (κ2) is 10.8. The highest BCUT2D eigenvalue weighted by Gasteiger charge is 2.36. The molecule has 1 amide bonds. The van der Waals surface area contributed by atoms with Gasteiger partial charge in [-0.2, -0.15) is 5.10 Å². The van der Waals surface area contributed by atoms with Crippen molar-refractivity contribution >= 4 is 11.9 Å². The zero-order chi connectivity index (χ0) is 23.1. The lowest BCUT2D eigenvalue weighted by Crippen LogP contribution is -2.54. The molecule has 0 spiro atoms. The van der Waals surface area contributed by atoms with Gasteiger partial charge >= 0.3 is 6.09 Å². The molecule has 32 heavy (non-hydrogen) atoms. The van der Waals surface area contributed by atoms with Crippen LogP contribution in [0.2, 0.25) is 0 Å². The van der Waals surface area contributed by atoms with Crippen molar-refractivity contribution in [2.75, 3.05) is 24.5 Å². The van der Waals surface area contributed by atoms with Crippen molar-refractivity contribution in [3.63, 3.8) is 0 Å². The summed E-state index contributed by atoms with van der Waals surface area (Å²) in [6.07, 6.45) is 2.75. The fraction of sp³-hybridized carbons (Fsp3) is 0.560. The molecule has 7 nitrogen and oxygen atoms in total. The van der Waals surface area contributed by atoms with E-state index in [-0.39, 0.29) is 18.2 Å². The predicted octanol–water partition coefficient (Wildman–Crippen LogP) is 4.12. The Bertz CT molecular complexity index is 843. The van der Waals surface area contributed by atoms with Gasteiger partial charge in [0.15, 0.2) is 5.82 Å². The number of carbonyl (C=O) groups excluding carboxylic acids is 1. The smallest absolute Gasteiger partial charge is 0.410 e. The second-order valence-corrected chi connectivity index (χ2v) is 9.37. The highest BCUT2D eigenvalue weighted by atomic mass is 16.6. The van der Waals surface area contributed by atoms with Crippen molar-refractivity contribution in [2.45, 2.75) is 71.1 Å². The fourth-order valence-electron chi connectivity index (χ4n) is 4.16. The number of carbonyl (C=O) groups is 1. The number of rotatable bonds is 4.